The fraction of sp³-hybridized carbons (Fsp3) is 0.583. The van der Waals surface area contributed by atoms with Crippen LogP contribution in [0.1, 0.15) is 84.3 Å². The molecule has 1 amide bonds. The Hall–Kier alpha value is -2.34. The van der Waals surface area contributed by atoms with Gasteiger partial charge in [-0.3, -0.25) is 9.59 Å². The molecule has 2 fully saturated rings. The Balaban J connectivity index is 1.45. The second-order valence-electron chi connectivity index (χ2n) is 9.01. The first-order valence-corrected chi connectivity index (χ1v) is 11.2. The largest absolute Gasteiger partial charge is 0.486 e. The molecule has 1 saturated carbocycles. The summed E-state index contributed by atoms with van der Waals surface area (Å²) in [6.45, 7) is 3.06. The monoisotopic (exact) mass is 411 g/mol. The molecule has 1 spiro atoms. The normalized spacial score (nSPS) is 23.2. The molecule has 3 aliphatic rings. The minimum atomic E-state index is -0.368. The summed E-state index contributed by atoms with van der Waals surface area (Å²) in [5.74, 6) is 0.728. The molecule has 30 heavy (non-hydrogen) atoms. The number of nitrogens with one attached hydrogen (secondary N) is 1. The molecule has 1 aliphatic carbocycles. The van der Waals surface area contributed by atoms with Crippen molar-refractivity contribution < 1.29 is 23.5 Å². The van der Waals surface area contributed by atoms with Crippen LogP contribution < -0.4 is 10.1 Å². The summed E-state index contributed by atoms with van der Waals surface area (Å²) in [6.07, 6.45) is 8.93. The highest BCUT2D eigenvalue weighted by atomic mass is 16.5. The van der Waals surface area contributed by atoms with E-state index in [1.165, 1.54) is 12.8 Å². The lowest BCUT2D eigenvalue weighted by molar-refractivity contribution is 0.0301. The molecule has 1 N–H and O–H groups in total. The lowest BCUT2D eigenvalue weighted by Crippen LogP contribution is -2.41. The number of Topliss-reactive ketones (excluding diaryl/α,β-unsaturated/α-hetero) is 1. The highest BCUT2D eigenvalue weighted by Gasteiger charge is 2.42. The Morgan fingerprint density at radius 2 is 1.97 bits per heavy atom. The molecule has 6 heteroatoms. The van der Waals surface area contributed by atoms with E-state index in [1.54, 1.807) is 0 Å². The number of fused-ring (bicyclic) bond motifs is 3. The van der Waals surface area contributed by atoms with E-state index in [4.69, 9.17) is 13.9 Å². The fourth-order valence-corrected chi connectivity index (χ4v) is 5.29. The van der Waals surface area contributed by atoms with Gasteiger partial charge in [0.2, 0.25) is 0 Å². The molecular formula is C24H29NO5. The van der Waals surface area contributed by atoms with Crippen molar-refractivity contribution in [3.8, 4) is 5.75 Å². The van der Waals surface area contributed by atoms with Gasteiger partial charge in [0.15, 0.2) is 11.5 Å². The third-order valence-electron chi connectivity index (χ3n) is 6.88. The highest BCUT2D eigenvalue weighted by molar-refractivity contribution is 6.13. The molecule has 0 bridgehead atoms. The van der Waals surface area contributed by atoms with E-state index in [1.807, 2.05) is 19.1 Å². The van der Waals surface area contributed by atoms with Crippen LogP contribution in [0.25, 0.3) is 11.0 Å². The van der Waals surface area contributed by atoms with Gasteiger partial charge in [-0.05, 0) is 57.6 Å². The number of amides is 1. The molecule has 1 saturated heterocycles. The molecule has 2 aliphatic heterocycles. The van der Waals surface area contributed by atoms with Crippen molar-refractivity contribution in [1.29, 1.82) is 0 Å². The molecule has 2 aromatic rings. The number of ketones is 1. The minimum absolute atomic E-state index is 0.0668. The summed E-state index contributed by atoms with van der Waals surface area (Å²) in [7, 11) is 0. The van der Waals surface area contributed by atoms with Gasteiger partial charge >= 0.3 is 0 Å². The number of carbonyl (C=O) groups excluding carboxylic acids is 2. The van der Waals surface area contributed by atoms with Gasteiger partial charge < -0.3 is 19.2 Å². The van der Waals surface area contributed by atoms with Crippen molar-refractivity contribution in [3.63, 3.8) is 0 Å². The molecule has 1 atom stereocenters. The lowest BCUT2D eigenvalue weighted by Gasteiger charge is -2.37. The highest BCUT2D eigenvalue weighted by Crippen LogP contribution is 2.44. The summed E-state index contributed by atoms with van der Waals surface area (Å²) in [5.41, 5.74) is 1.46. The molecule has 3 heterocycles. The van der Waals surface area contributed by atoms with E-state index in [0.717, 1.165) is 45.1 Å². The molecule has 160 valence electrons. The van der Waals surface area contributed by atoms with Crippen molar-refractivity contribution in [1.82, 2.24) is 5.32 Å². The molecule has 1 aromatic heterocycles. The zero-order valence-corrected chi connectivity index (χ0v) is 17.6. The molecule has 0 radical (unpaired) electrons. The third-order valence-corrected chi connectivity index (χ3v) is 6.88. The van der Waals surface area contributed by atoms with Crippen LogP contribution in [-0.2, 0) is 4.74 Å². The van der Waals surface area contributed by atoms with Crippen LogP contribution in [0.4, 0.5) is 0 Å². The molecule has 5 rings (SSSR count). The van der Waals surface area contributed by atoms with Gasteiger partial charge in [0.05, 0.1) is 18.1 Å². The summed E-state index contributed by atoms with van der Waals surface area (Å²) in [5, 5.41) is 3.62. The van der Waals surface area contributed by atoms with E-state index in [9.17, 15) is 9.59 Å². The van der Waals surface area contributed by atoms with Crippen molar-refractivity contribution in [2.45, 2.75) is 76.4 Å². The number of ether oxygens (including phenoxy) is 2. The number of hydrogen-bond acceptors (Lipinski definition) is 5. The lowest BCUT2D eigenvalue weighted by atomic mass is 9.83. The van der Waals surface area contributed by atoms with Crippen LogP contribution >= 0.6 is 0 Å². The maximum absolute atomic E-state index is 13.3. The Bertz CT molecular complexity index is 977. The van der Waals surface area contributed by atoms with Gasteiger partial charge in [-0.1, -0.05) is 12.8 Å². The number of carbonyl (C=O) groups is 2. The van der Waals surface area contributed by atoms with Crippen molar-refractivity contribution in [3.05, 3.63) is 29.0 Å². The van der Waals surface area contributed by atoms with Crippen LogP contribution in [0.5, 0.6) is 5.75 Å². The Morgan fingerprint density at radius 3 is 2.70 bits per heavy atom. The van der Waals surface area contributed by atoms with E-state index in [2.05, 4.69) is 5.32 Å². The molecule has 1 aromatic carbocycles. The molecule has 1 unspecified atom stereocenters. The zero-order chi connectivity index (χ0) is 20.7. The van der Waals surface area contributed by atoms with Crippen molar-refractivity contribution >= 4 is 22.7 Å². The standard InChI is InChI=1S/C24H29NO5/c1-15-20-18(29-22(15)23(27)25-14-16-7-6-12-28-16)8-9-19-21(20)17(26)13-24(30-19)10-4-2-3-5-11-24/h8-9,16H,2-7,10-14H2,1H3,(H,25,27). The number of hydrogen-bond donors (Lipinski definition) is 1. The predicted molar refractivity (Wildman–Crippen MR) is 112 cm³/mol. The summed E-state index contributed by atoms with van der Waals surface area (Å²) < 4.78 is 17.9. The van der Waals surface area contributed by atoms with Gasteiger partial charge in [0.1, 0.15) is 16.9 Å². The van der Waals surface area contributed by atoms with Crippen LogP contribution in [-0.4, -0.2) is 36.5 Å². The van der Waals surface area contributed by atoms with Crippen LogP contribution in [0.15, 0.2) is 16.5 Å². The van der Waals surface area contributed by atoms with E-state index >= 15 is 0 Å². The SMILES string of the molecule is Cc1c(C(=O)NCC2CCCO2)oc2ccc3c(c12)C(=O)CC1(CCCCCC1)O3. The summed E-state index contributed by atoms with van der Waals surface area (Å²) in [4.78, 5) is 26.0. The molecular weight excluding hydrogens is 382 g/mol. The van der Waals surface area contributed by atoms with E-state index in [0.29, 0.717) is 40.8 Å². The summed E-state index contributed by atoms with van der Waals surface area (Å²) in [6, 6.07) is 3.65. The number of benzene rings is 1. The summed E-state index contributed by atoms with van der Waals surface area (Å²) >= 11 is 0. The quantitative estimate of drug-likeness (QED) is 0.792. The second kappa shape index (κ2) is 7.73. The fourth-order valence-electron chi connectivity index (χ4n) is 5.29. The van der Waals surface area contributed by atoms with Crippen LogP contribution in [0.2, 0.25) is 0 Å². The van der Waals surface area contributed by atoms with Crippen molar-refractivity contribution in [2.75, 3.05) is 13.2 Å². The maximum atomic E-state index is 13.3. The second-order valence-corrected chi connectivity index (χ2v) is 9.01. The third kappa shape index (κ3) is 3.41. The van der Waals surface area contributed by atoms with Gasteiger partial charge in [-0.2, -0.15) is 0 Å². The Labute approximate surface area is 176 Å². The number of aryl methyl sites for hydroxylation is 1. The van der Waals surface area contributed by atoms with Crippen LogP contribution in [0, 0.1) is 6.92 Å². The average Bonchev–Trinajstić information content (AvgIpc) is 3.31. The Morgan fingerprint density at radius 1 is 1.17 bits per heavy atom. The maximum Gasteiger partial charge on any atom is 0.287 e. The van der Waals surface area contributed by atoms with E-state index in [-0.39, 0.29) is 29.2 Å². The predicted octanol–water partition coefficient (Wildman–Crippen LogP) is 4.71. The first kappa shape index (κ1) is 19.6. The molecule has 6 nitrogen and oxygen atoms in total. The minimum Gasteiger partial charge on any atom is -0.486 e. The topological polar surface area (TPSA) is 77.8 Å². The number of rotatable bonds is 3. The van der Waals surface area contributed by atoms with Gasteiger partial charge in [0.25, 0.3) is 5.91 Å². The van der Waals surface area contributed by atoms with Gasteiger partial charge in [0, 0.05) is 24.1 Å². The van der Waals surface area contributed by atoms with E-state index < -0.39 is 0 Å². The first-order chi connectivity index (χ1) is 14.6. The number of furan rings is 1. The van der Waals surface area contributed by atoms with Crippen molar-refractivity contribution in [2.24, 2.45) is 0 Å². The van der Waals surface area contributed by atoms with Gasteiger partial charge in [-0.25, -0.2) is 0 Å². The Kier molecular flexibility index (Phi) is 5.05. The van der Waals surface area contributed by atoms with Crippen LogP contribution in [0.3, 0.4) is 0 Å². The smallest absolute Gasteiger partial charge is 0.287 e. The average molecular weight is 411 g/mol. The zero-order valence-electron chi connectivity index (χ0n) is 17.6. The first-order valence-electron chi connectivity index (χ1n) is 11.2. The van der Waals surface area contributed by atoms with Gasteiger partial charge in [-0.15, -0.1) is 0 Å².